The van der Waals surface area contributed by atoms with Crippen LogP contribution < -0.4 is 20.1 Å². The molecule has 0 bridgehead atoms. The van der Waals surface area contributed by atoms with Crippen molar-refractivity contribution in [3.05, 3.63) is 92.2 Å². The van der Waals surface area contributed by atoms with E-state index in [1.807, 2.05) is 32.0 Å². The first-order chi connectivity index (χ1) is 18.8. The molecule has 1 aliphatic rings. The first-order valence-corrected chi connectivity index (χ1v) is 13.1. The third kappa shape index (κ3) is 6.74. The van der Waals surface area contributed by atoms with Gasteiger partial charge in [0, 0.05) is 11.3 Å². The molecule has 198 valence electrons. The zero-order chi connectivity index (χ0) is 27.9. The van der Waals surface area contributed by atoms with E-state index in [0.717, 1.165) is 16.0 Å². The Morgan fingerprint density at radius 2 is 1.92 bits per heavy atom. The molecule has 0 saturated carbocycles. The molecule has 2 N–H and O–H groups in total. The molecular formula is C29H25IN4O5. The lowest BCUT2D eigenvalue weighted by Crippen LogP contribution is -2.38. The summed E-state index contributed by atoms with van der Waals surface area (Å²) in [5.74, 6) is -0.140. The van der Waals surface area contributed by atoms with Crippen molar-refractivity contribution >= 4 is 52.2 Å². The van der Waals surface area contributed by atoms with Gasteiger partial charge in [-0.05, 0) is 84.0 Å². The number of amides is 4. The largest absolute Gasteiger partial charge is 0.490 e. The SMILES string of the molecule is CCOc1cc(/C=C2/NC(=O)N(CC(=O)Nc3cccc(C)c3)C2=O)cc(I)c1OCc1ccccc1C#N. The fourth-order valence-corrected chi connectivity index (χ4v) is 4.71. The van der Waals surface area contributed by atoms with Gasteiger partial charge in [-0.25, -0.2) is 9.69 Å². The van der Waals surface area contributed by atoms with Crippen LogP contribution in [0.2, 0.25) is 0 Å². The Morgan fingerprint density at radius 3 is 2.67 bits per heavy atom. The van der Waals surface area contributed by atoms with Crippen molar-refractivity contribution in [1.29, 1.82) is 5.26 Å². The number of aryl methyl sites for hydroxylation is 1. The van der Waals surface area contributed by atoms with Crippen LogP contribution in [0.3, 0.4) is 0 Å². The molecule has 1 fully saturated rings. The van der Waals surface area contributed by atoms with E-state index in [4.69, 9.17) is 9.47 Å². The van der Waals surface area contributed by atoms with E-state index in [1.54, 1.807) is 42.5 Å². The Bertz CT molecular complexity index is 1510. The maximum Gasteiger partial charge on any atom is 0.329 e. The number of benzene rings is 3. The van der Waals surface area contributed by atoms with Crippen molar-refractivity contribution in [3.8, 4) is 17.6 Å². The molecule has 4 rings (SSSR count). The molecule has 9 nitrogen and oxygen atoms in total. The molecule has 1 aliphatic heterocycles. The van der Waals surface area contributed by atoms with Gasteiger partial charge in [0.2, 0.25) is 5.91 Å². The average molecular weight is 636 g/mol. The summed E-state index contributed by atoms with van der Waals surface area (Å²) in [4.78, 5) is 38.8. The maximum atomic E-state index is 13.0. The van der Waals surface area contributed by atoms with Crippen LogP contribution in [0.15, 0.2) is 66.4 Å². The lowest BCUT2D eigenvalue weighted by atomic mass is 10.1. The van der Waals surface area contributed by atoms with Crippen molar-refractivity contribution < 1.29 is 23.9 Å². The van der Waals surface area contributed by atoms with Gasteiger partial charge in [0.05, 0.1) is 21.8 Å². The summed E-state index contributed by atoms with van der Waals surface area (Å²) in [6, 6.07) is 19.4. The Morgan fingerprint density at radius 1 is 1.13 bits per heavy atom. The molecule has 3 aromatic rings. The quantitative estimate of drug-likeness (QED) is 0.194. The standard InChI is InChI=1S/C29H25IN4O5/c1-3-38-25-14-19(12-23(30)27(25)39-17-21-9-5-4-8-20(21)15-31)13-24-28(36)34(29(37)33-24)16-26(35)32-22-10-6-7-18(2)11-22/h4-14H,3,16-17H2,1-2H3,(H,32,35)(H,33,37)/b24-13+. The molecule has 39 heavy (non-hydrogen) atoms. The zero-order valence-electron chi connectivity index (χ0n) is 21.3. The van der Waals surface area contributed by atoms with Crippen LogP contribution in [-0.4, -0.2) is 35.9 Å². The van der Waals surface area contributed by atoms with Gasteiger partial charge in [-0.15, -0.1) is 0 Å². The molecule has 10 heteroatoms. The summed E-state index contributed by atoms with van der Waals surface area (Å²) in [7, 11) is 0. The number of nitrogens with zero attached hydrogens (tertiary/aromatic N) is 2. The topological polar surface area (TPSA) is 121 Å². The number of urea groups is 1. The van der Waals surface area contributed by atoms with Crippen molar-refractivity contribution in [2.75, 3.05) is 18.5 Å². The predicted molar refractivity (Wildman–Crippen MR) is 154 cm³/mol. The van der Waals surface area contributed by atoms with E-state index in [9.17, 15) is 19.6 Å². The van der Waals surface area contributed by atoms with Gasteiger partial charge in [0.25, 0.3) is 5.91 Å². The predicted octanol–water partition coefficient (Wildman–Crippen LogP) is 4.98. The second kappa shape index (κ2) is 12.4. The molecule has 3 aromatic carbocycles. The summed E-state index contributed by atoms with van der Waals surface area (Å²) in [5, 5.41) is 14.6. The second-order valence-electron chi connectivity index (χ2n) is 8.62. The Balaban J connectivity index is 1.50. The van der Waals surface area contributed by atoms with Gasteiger partial charge >= 0.3 is 6.03 Å². The van der Waals surface area contributed by atoms with E-state index in [-0.39, 0.29) is 12.3 Å². The molecule has 0 aliphatic carbocycles. The lowest BCUT2D eigenvalue weighted by Gasteiger charge is -2.15. The number of nitriles is 1. The third-order valence-corrected chi connectivity index (χ3v) is 6.52. The number of carbonyl (C=O) groups is 3. The van der Waals surface area contributed by atoms with Crippen LogP contribution in [0, 0.1) is 21.8 Å². The first-order valence-electron chi connectivity index (χ1n) is 12.1. The number of carbonyl (C=O) groups excluding carboxylic acids is 3. The summed E-state index contributed by atoms with van der Waals surface area (Å²) in [6.45, 7) is 3.87. The molecular weight excluding hydrogens is 611 g/mol. The van der Waals surface area contributed by atoms with E-state index in [2.05, 4.69) is 39.3 Å². The van der Waals surface area contributed by atoms with Crippen molar-refractivity contribution in [1.82, 2.24) is 10.2 Å². The molecule has 0 unspecified atom stereocenters. The molecule has 1 saturated heterocycles. The van der Waals surface area contributed by atoms with Crippen molar-refractivity contribution in [3.63, 3.8) is 0 Å². The van der Waals surface area contributed by atoms with Crippen molar-refractivity contribution in [2.45, 2.75) is 20.5 Å². The number of halogens is 1. The number of rotatable bonds is 9. The van der Waals surface area contributed by atoms with Gasteiger partial charge in [0.15, 0.2) is 11.5 Å². The highest BCUT2D eigenvalue weighted by Gasteiger charge is 2.35. The Labute approximate surface area is 239 Å². The zero-order valence-corrected chi connectivity index (χ0v) is 23.4. The van der Waals surface area contributed by atoms with E-state index >= 15 is 0 Å². The van der Waals surface area contributed by atoms with Crippen molar-refractivity contribution in [2.24, 2.45) is 0 Å². The van der Waals surface area contributed by atoms with Crippen LogP contribution in [0.1, 0.15) is 29.2 Å². The van der Waals surface area contributed by atoms with Crippen LogP contribution >= 0.6 is 22.6 Å². The number of anilines is 1. The Hall–Kier alpha value is -4.37. The number of imide groups is 1. The smallest absolute Gasteiger partial charge is 0.329 e. The highest BCUT2D eigenvalue weighted by molar-refractivity contribution is 14.1. The minimum atomic E-state index is -0.679. The average Bonchev–Trinajstić information content (AvgIpc) is 3.15. The lowest BCUT2D eigenvalue weighted by molar-refractivity contribution is -0.127. The summed E-state index contributed by atoms with van der Waals surface area (Å²) < 4.78 is 12.5. The molecule has 0 aromatic heterocycles. The summed E-state index contributed by atoms with van der Waals surface area (Å²) in [6.07, 6.45) is 1.53. The molecule has 0 atom stereocenters. The van der Waals surface area contributed by atoms with Crippen LogP contribution in [-0.2, 0) is 16.2 Å². The summed E-state index contributed by atoms with van der Waals surface area (Å²) in [5.41, 5.74) is 3.46. The van der Waals surface area contributed by atoms with Crippen LogP contribution in [0.5, 0.6) is 11.5 Å². The van der Waals surface area contributed by atoms with Gasteiger partial charge in [-0.1, -0.05) is 30.3 Å². The molecule has 1 heterocycles. The van der Waals surface area contributed by atoms with Gasteiger partial charge in [-0.2, -0.15) is 5.26 Å². The fraction of sp³-hybridized carbons (Fsp3) is 0.172. The Kier molecular flexibility index (Phi) is 8.83. The van der Waals surface area contributed by atoms with E-state index < -0.39 is 24.4 Å². The van der Waals surface area contributed by atoms with Gasteiger partial charge < -0.3 is 20.1 Å². The van der Waals surface area contributed by atoms with Crippen LogP contribution in [0.25, 0.3) is 6.08 Å². The van der Waals surface area contributed by atoms with Gasteiger partial charge in [-0.3, -0.25) is 9.59 Å². The summed E-state index contributed by atoms with van der Waals surface area (Å²) >= 11 is 2.11. The monoisotopic (exact) mass is 636 g/mol. The minimum absolute atomic E-state index is 0.0400. The second-order valence-corrected chi connectivity index (χ2v) is 9.78. The van der Waals surface area contributed by atoms with Crippen LogP contribution in [0.4, 0.5) is 10.5 Å². The number of hydrogen-bond acceptors (Lipinski definition) is 6. The van der Waals surface area contributed by atoms with E-state index in [1.165, 1.54) is 6.08 Å². The molecule has 0 spiro atoms. The highest BCUT2D eigenvalue weighted by atomic mass is 127. The highest BCUT2D eigenvalue weighted by Crippen LogP contribution is 2.36. The normalized spacial score (nSPS) is 13.7. The first kappa shape index (κ1) is 27.7. The van der Waals surface area contributed by atoms with E-state index in [0.29, 0.717) is 38.5 Å². The van der Waals surface area contributed by atoms with Gasteiger partial charge in [0.1, 0.15) is 18.8 Å². The minimum Gasteiger partial charge on any atom is -0.490 e. The maximum absolute atomic E-state index is 13.0. The number of nitrogens with one attached hydrogen (secondary N) is 2. The molecule has 4 amide bonds. The molecule has 0 radical (unpaired) electrons. The number of hydrogen-bond donors (Lipinski definition) is 2. The fourth-order valence-electron chi connectivity index (χ4n) is 3.93. The third-order valence-electron chi connectivity index (χ3n) is 5.72. The number of ether oxygens (including phenoxy) is 2.